The first-order valence-electron chi connectivity index (χ1n) is 6.43. The van der Waals surface area contributed by atoms with Gasteiger partial charge in [-0.05, 0) is 31.9 Å². The van der Waals surface area contributed by atoms with Crippen molar-refractivity contribution in [2.24, 2.45) is 0 Å². The summed E-state index contributed by atoms with van der Waals surface area (Å²) < 4.78 is 42.6. The third kappa shape index (κ3) is 2.67. The van der Waals surface area contributed by atoms with E-state index < -0.39 is 11.9 Å². The molecule has 0 amide bonds. The summed E-state index contributed by atoms with van der Waals surface area (Å²) in [5.74, 6) is 1.35. The van der Waals surface area contributed by atoms with Crippen molar-refractivity contribution in [2.75, 3.05) is 11.4 Å². The molecule has 0 aromatic carbocycles. The van der Waals surface area contributed by atoms with Crippen molar-refractivity contribution in [1.29, 1.82) is 0 Å². The van der Waals surface area contributed by atoms with Crippen molar-refractivity contribution < 1.29 is 17.7 Å². The first kappa shape index (κ1) is 13.8. The Morgan fingerprint density at radius 2 is 2.10 bits per heavy atom. The van der Waals surface area contributed by atoms with Crippen molar-refractivity contribution in [3.8, 4) is 0 Å². The van der Waals surface area contributed by atoms with Gasteiger partial charge in [-0.1, -0.05) is 5.16 Å². The van der Waals surface area contributed by atoms with Crippen LogP contribution in [0.2, 0.25) is 0 Å². The minimum atomic E-state index is -4.49. The summed E-state index contributed by atoms with van der Waals surface area (Å²) in [6.45, 7) is 2.37. The lowest BCUT2D eigenvalue weighted by Gasteiger charge is -2.22. The second-order valence-corrected chi connectivity index (χ2v) is 4.81. The van der Waals surface area contributed by atoms with Crippen LogP contribution in [0.15, 0.2) is 16.7 Å². The van der Waals surface area contributed by atoms with Crippen LogP contribution in [0.1, 0.15) is 36.3 Å². The van der Waals surface area contributed by atoms with Crippen molar-refractivity contribution in [3.05, 3.63) is 29.5 Å². The third-order valence-corrected chi connectivity index (χ3v) is 3.32. The lowest BCUT2D eigenvalue weighted by atomic mass is 10.2. The van der Waals surface area contributed by atoms with Crippen LogP contribution < -0.4 is 4.90 Å². The Balaban J connectivity index is 1.85. The minimum absolute atomic E-state index is 0.169. The highest BCUT2D eigenvalue weighted by atomic mass is 19.4. The zero-order valence-electron chi connectivity index (χ0n) is 11.1. The molecule has 1 aliphatic heterocycles. The summed E-state index contributed by atoms with van der Waals surface area (Å²) in [7, 11) is 0. The van der Waals surface area contributed by atoms with Gasteiger partial charge in [-0.15, -0.1) is 10.2 Å². The highest BCUT2D eigenvalue weighted by Gasteiger charge is 2.35. The van der Waals surface area contributed by atoms with Crippen molar-refractivity contribution in [3.63, 3.8) is 0 Å². The molecule has 2 aromatic heterocycles. The van der Waals surface area contributed by atoms with Crippen molar-refractivity contribution in [2.45, 2.75) is 32.0 Å². The summed E-state index contributed by atoms with van der Waals surface area (Å²) in [5, 5.41) is 10.7. The van der Waals surface area contributed by atoms with Crippen LogP contribution in [0.5, 0.6) is 0 Å². The SMILES string of the molecule is Cc1noc(C2CCCN2c2ccc(C(F)(F)F)nn2)n1. The summed E-state index contributed by atoms with van der Waals surface area (Å²) >= 11 is 0. The molecule has 3 rings (SSSR count). The Kier molecular flexibility index (Phi) is 3.26. The second kappa shape index (κ2) is 4.97. The normalized spacial score (nSPS) is 19.2. The molecule has 0 radical (unpaired) electrons. The van der Waals surface area contributed by atoms with Gasteiger partial charge in [0.25, 0.3) is 0 Å². The Morgan fingerprint density at radius 3 is 2.67 bits per heavy atom. The molecule has 0 bridgehead atoms. The number of halogens is 3. The number of hydrogen-bond donors (Lipinski definition) is 0. The maximum absolute atomic E-state index is 12.5. The van der Waals surface area contributed by atoms with Crippen LogP contribution in [0, 0.1) is 6.92 Å². The molecule has 6 nitrogen and oxygen atoms in total. The van der Waals surface area contributed by atoms with Gasteiger partial charge >= 0.3 is 6.18 Å². The van der Waals surface area contributed by atoms with Crippen LogP contribution in [0.3, 0.4) is 0 Å². The van der Waals surface area contributed by atoms with E-state index in [0.717, 1.165) is 18.9 Å². The van der Waals surface area contributed by atoms with Crippen LogP contribution >= 0.6 is 0 Å². The number of hydrogen-bond acceptors (Lipinski definition) is 6. The Morgan fingerprint density at radius 1 is 1.29 bits per heavy atom. The van der Waals surface area contributed by atoms with Crippen LogP contribution in [0.4, 0.5) is 19.0 Å². The predicted molar refractivity (Wildman–Crippen MR) is 65.4 cm³/mol. The van der Waals surface area contributed by atoms with Gasteiger partial charge in [0.1, 0.15) is 6.04 Å². The van der Waals surface area contributed by atoms with Gasteiger partial charge in [-0.3, -0.25) is 0 Å². The number of alkyl halides is 3. The fourth-order valence-corrected chi connectivity index (χ4v) is 2.38. The average Bonchev–Trinajstić information content (AvgIpc) is 3.06. The summed E-state index contributed by atoms with van der Waals surface area (Å²) in [6.07, 6.45) is -2.83. The maximum atomic E-state index is 12.5. The van der Waals surface area contributed by atoms with Crippen molar-refractivity contribution in [1.82, 2.24) is 20.3 Å². The maximum Gasteiger partial charge on any atom is 0.435 e. The monoisotopic (exact) mass is 299 g/mol. The molecule has 1 fully saturated rings. The number of anilines is 1. The lowest BCUT2D eigenvalue weighted by Crippen LogP contribution is -2.24. The highest BCUT2D eigenvalue weighted by molar-refractivity contribution is 5.41. The first-order valence-corrected chi connectivity index (χ1v) is 6.43. The zero-order valence-corrected chi connectivity index (χ0v) is 11.1. The quantitative estimate of drug-likeness (QED) is 0.849. The van der Waals surface area contributed by atoms with E-state index in [-0.39, 0.29) is 6.04 Å². The molecule has 1 atom stereocenters. The summed E-state index contributed by atoms with van der Waals surface area (Å²) in [6, 6.07) is 2.07. The zero-order chi connectivity index (χ0) is 15.0. The Bertz CT molecular complexity index is 625. The first-order chi connectivity index (χ1) is 9.95. The van der Waals surface area contributed by atoms with Crippen molar-refractivity contribution >= 4 is 5.82 Å². The molecule has 0 N–H and O–H groups in total. The smallest absolute Gasteiger partial charge is 0.343 e. The summed E-state index contributed by atoms with van der Waals surface area (Å²) in [5.41, 5.74) is -1.00. The standard InChI is InChI=1S/C12H12F3N5O/c1-7-16-11(21-19-7)8-3-2-6-20(8)10-5-4-9(17-18-10)12(13,14)15/h4-5,8H,2-3,6H2,1H3. The lowest BCUT2D eigenvalue weighted by molar-refractivity contribution is -0.141. The molecule has 21 heavy (non-hydrogen) atoms. The van der Waals surface area contributed by atoms with Gasteiger partial charge in [0.05, 0.1) is 0 Å². The van der Waals surface area contributed by atoms with E-state index in [4.69, 9.17) is 4.52 Å². The molecule has 1 saturated heterocycles. The van der Waals surface area contributed by atoms with E-state index in [1.54, 1.807) is 6.92 Å². The molecule has 0 saturated carbocycles. The fourth-order valence-electron chi connectivity index (χ4n) is 2.38. The number of aromatic nitrogens is 4. The largest absolute Gasteiger partial charge is 0.435 e. The van der Waals surface area contributed by atoms with Crippen LogP contribution in [0.25, 0.3) is 0 Å². The minimum Gasteiger partial charge on any atom is -0.343 e. The van der Waals surface area contributed by atoms with E-state index in [9.17, 15) is 13.2 Å². The molecule has 0 aliphatic carbocycles. The topological polar surface area (TPSA) is 67.9 Å². The molecule has 112 valence electrons. The molecular weight excluding hydrogens is 287 g/mol. The molecule has 0 spiro atoms. The number of aryl methyl sites for hydroxylation is 1. The highest BCUT2D eigenvalue weighted by Crippen LogP contribution is 2.35. The second-order valence-electron chi connectivity index (χ2n) is 4.81. The van der Waals surface area contributed by atoms with E-state index in [2.05, 4.69) is 20.3 Å². The average molecular weight is 299 g/mol. The summed E-state index contributed by atoms with van der Waals surface area (Å²) in [4.78, 5) is 6.01. The molecule has 3 heterocycles. The van der Waals surface area contributed by atoms with Gasteiger partial charge in [0.2, 0.25) is 5.89 Å². The Labute approximate surface area is 118 Å². The Hall–Kier alpha value is -2.19. The van der Waals surface area contributed by atoms with Gasteiger partial charge < -0.3 is 9.42 Å². The van der Waals surface area contributed by atoms with Gasteiger partial charge in [-0.2, -0.15) is 18.2 Å². The molecular formula is C12H12F3N5O. The van der Waals surface area contributed by atoms with Gasteiger partial charge in [-0.25, -0.2) is 0 Å². The van der Waals surface area contributed by atoms with Gasteiger partial charge in [0, 0.05) is 6.54 Å². The number of rotatable bonds is 2. The van der Waals surface area contributed by atoms with Crippen LogP contribution in [-0.2, 0) is 6.18 Å². The van der Waals surface area contributed by atoms with E-state index >= 15 is 0 Å². The number of nitrogens with zero attached hydrogens (tertiary/aromatic N) is 5. The predicted octanol–water partition coefficient (Wildman–Crippen LogP) is 2.53. The van der Waals surface area contributed by atoms with E-state index in [0.29, 0.717) is 24.1 Å². The van der Waals surface area contributed by atoms with E-state index in [1.165, 1.54) is 6.07 Å². The van der Waals surface area contributed by atoms with Gasteiger partial charge in [0.15, 0.2) is 17.3 Å². The third-order valence-electron chi connectivity index (χ3n) is 3.32. The van der Waals surface area contributed by atoms with Crippen LogP contribution in [-0.4, -0.2) is 26.9 Å². The molecule has 1 aliphatic rings. The molecule has 9 heteroatoms. The fraction of sp³-hybridized carbons (Fsp3) is 0.500. The van der Waals surface area contributed by atoms with E-state index in [1.807, 2.05) is 4.90 Å². The molecule has 1 unspecified atom stereocenters. The molecule has 2 aromatic rings.